The minimum absolute atomic E-state index is 0.0496. The van der Waals surface area contributed by atoms with Gasteiger partial charge in [-0.2, -0.15) is 13.2 Å². The number of furan rings is 1. The number of aliphatic hydroxyl groups is 1. The van der Waals surface area contributed by atoms with Crippen molar-refractivity contribution in [2.75, 3.05) is 0 Å². The van der Waals surface area contributed by atoms with Crippen LogP contribution in [0.5, 0.6) is 0 Å². The number of nitrogens with one attached hydrogen (secondary N) is 2. The quantitative estimate of drug-likeness (QED) is 0.365. The molecule has 3 N–H and O–H groups in total. The second-order valence-electron chi connectivity index (χ2n) is 8.06. The number of ketones is 1. The smallest absolute Gasteiger partial charge is 0.450 e. The van der Waals surface area contributed by atoms with Crippen molar-refractivity contribution in [1.82, 2.24) is 10.6 Å². The maximum atomic E-state index is 13.6. The minimum Gasteiger partial charge on any atom is -0.459 e. The fourth-order valence-electron chi connectivity index (χ4n) is 4.01. The predicted molar refractivity (Wildman–Crippen MR) is 115 cm³/mol. The number of hydrogen-bond donors (Lipinski definition) is 3. The first kappa shape index (κ1) is 24.0. The summed E-state index contributed by atoms with van der Waals surface area (Å²) in [4.78, 5) is 35.4. The van der Waals surface area contributed by atoms with Crippen molar-refractivity contribution in [3.8, 4) is 11.3 Å². The molecule has 0 unspecified atom stereocenters. The third-order valence-corrected chi connectivity index (χ3v) is 5.70. The zero-order valence-corrected chi connectivity index (χ0v) is 18.0. The number of urea groups is 1. The molecule has 1 aromatic heterocycles. The average molecular weight is 489 g/mol. The van der Waals surface area contributed by atoms with Gasteiger partial charge in [-0.1, -0.05) is 42.0 Å². The number of Topliss-reactive ketones (excluding diaryl/α,β-unsaturated/α-hetero) is 1. The van der Waals surface area contributed by atoms with Gasteiger partial charge in [-0.15, -0.1) is 0 Å². The first-order valence-corrected chi connectivity index (χ1v) is 10.2. The van der Waals surface area contributed by atoms with Crippen LogP contribution in [0.15, 0.2) is 65.1 Å². The number of amides is 2. The number of carbonyl (C=O) groups is 2. The van der Waals surface area contributed by atoms with Crippen LogP contribution in [0.3, 0.4) is 0 Å². The number of carbonyl (C=O) groups excluding carboxylic acids is 2. The van der Waals surface area contributed by atoms with Crippen molar-refractivity contribution in [2.45, 2.75) is 24.9 Å². The first-order valence-electron chi connectivity index (χ1n) is 10.2. The van der Waals surface area contributed by atoms with E-state index < -0.39 is 40.6 Å². The Kier molecular flexibility index (Phi) is 5.85. The van der Waals surface area contributed by atoms with Gasteiger partial charge in [0.05, 0.1) is 4.92 Å². The van der Waals surface area contributed by atoms with Crippen molar-refractivity contribution in [3.63, 3.8) is 0 Å². The van der Waals surface area contributed by atoms with Gasteiger partial charge in [-0.3, -0.25) is 14.9 Å². The summed E-state index contributed by atoms with van der Waals surface area (Å²) in [6.07, 6.45) is -5.35. The van der Waals surface area contributed by atoms with Gasteiger partial charge in [0.15, 0.2) is 5.72 Å². The Bertz CT molecular complexity index is 1300. The minimum atomic E-state index is -5.35. The number of non-ortho nitro benzene ring substituents is 1. The molecule has 1 saturated heterocycles. The number of rotatable bonds is 5. The summed E-state index contributed by atoms with van der Waals surface area (Å²) in [7, 11) is 0. The van der Waals surface area contributed by atoms with Crippen molar-refractivity contribution in [1.29, 1.82) is 0 Å². The number of hydrogen-bond acceptors (Lipinski definition) is 6. The molecular formula is C23H18F3N3O6. The Hall–Kier alpha value is -4.19. The molecule has 3 aromatic rings. The van der Waals surface area contributed by atoms with Gasteiger partial charge in [-0.05, 0) is 19.1 Å². The average Bonchev–Trinajstić information content (AvgIpc) is 3.28. The van der Waals surface area contributed by atoms with Gasteiger partial charge < -0.3 is 20.2 Å². The topological polar surface area (TPSA) is 135 Å². The molecule has 2 amide bonds. The van der Waals surface area contributed by atoms with Crippen molar-refractivity contribution in [3.05, 3.63) is 87.7 Å². The number of alkyl halides is 3. The van der Waals surface area contributed by atoms with Crippen LogP contribution >= 0.6 is 0 Å². The number of aryl methyl sites for hydroxylation is 1. The lowest BCUT2D eigenvalue weighted by molar-refractivity contribution is -0.384. The van der Waals surface area contributed by atoms with Crippen LogP contribution in [-0.2, 0) is 10.5 Å². The molecule has 2 heterocycles. The normalized spacial score (nSPS) is 22.3. The number of benzene rings is 2. The largest absolute Gasteiger partial charge is 0.459 e. The van der Waals surface area contributed by atoms with E-state index in [-0.39, 0.29) is 28.3 Å². The zero-order chi connectivity index (χ0) is 25.5. The Morgan fingerprint density at radius 3 is 2.46 bits per heavy atom. The molecule has 1 fully saturated rings. The van der Waals surface area contributed by atoms with E-state index in [4.69, 9.17) is 4.42 Å². The summed E-state index contributed by atoms with van der Waals surface area (Å²) in [5.74, 6) is -4.75. The van der Waals surface area contributed by atoms with E-state index >= 15 is 0 Å². The van der Waals surface area contributed by atoms with Gasteiger partial charge >= 0.3 is 12.2 Å². The lowest BCUT2D eigenvalue weighted by Gasteiger charge is -2.44. The maximum absolute atomic E-state index is 13.6. The predicted octanol–water partition coefficient (Wildman–Crippen LogP) is 4.11. The Balaban J connectivity index is 1.81. The number of nitrogens with zero attached hydrogens (tertiary/aromatic N) is 1. The first-order chi connectivity index (χ1) is 16.4. The molecule has 182 valence electrons. The second kappa shape index (κ2) is 8.55. The van der Waals surface area contributed by atoms with E-state index in [2.05, 4.69) is 10.6 Å². The summed E-state index contributed by atoms with van der Waals surface area (Å²) in [5, 5.41) is 26.7. The molecule has 9 nitrogen and oxygen atoms in total. The highest BCUT2D eigenvalue weighted by atomic mass is 19.4. The van der Waals surface area contributed by atoms with Crippen molar-refractivity contribution in [2.24, 2.45) is 5.92 Å². The number of nitro groups is 1. The highest BCUT2D eigenvalue weighted by Crippen LogP contribution is 2.44. The summed E-state index contributed by atoms with van der Waals surface area (Å²) in [6.45, 7) is 1.72. The fraction of sp³-hybridized carbons (Fsp3) is 0.217. The van der Waals surface area contributed by atoms with E-state index in [1.54, 1.807) is 6.92 Å². The zero-order valence-electron chi connectivity index (χ0n) is 18.0. The van der Waals surface area contributed by atoms with Crippen LogP contribution in [0.1, 0.15) is 22.9 Å². The molecule has 1 aliphatic heterocycles. The third-order valence-electron chi connectivity index (χ3n) is 5.70. The molecule has 4 rings (SSSR count). The van der Waals surface area contributed by atoms with E-state index in [1.165, 1.54) is 60.7 Å². The van der Waals surface area contributed by atoms with Gasteiger partial charge in [0.1, 0.15) is 23.5 Å². The fourth-order valence-corrected chi connectivity index (χ4v) is 4.01. The SMILES string of the molecule is Cc1ccc([C@]2(O)NC(=O)N[C@@H](c3ccc(-c4cccc([N+](=O)[O-])c4)o3)[C@@H]2C(=O)C(F)(F)F)cc1. The third kappa shape index (κ3) is 4.47. The molecule has 1 aliphatic rings. The molecule has 2 aromatic carbocycles. The summed E-state index contributed by atoms with van der Waals surface area (Å²) in [6, 6.07) is 10.8. The molecule has 3 atom stereocenters. The Morgan fingerprint density at radius 2 is 1.83 bits per heavy atom. The van der Waals surface area contributed by atoms with Crippen LogP contribution in [0.4, 0.5) is 23.7 Å². The standard InChI is InChI=1S/C23H18F3N3O6/c1-12-5-7-14(8-6-12)22(32)18(20(30)23(24,25)26)19(27-21(31)28-22)17-10-9-16(35-17)13-3-2-4-15(11-13)29(33)34/h2-11,18-19,32H,1H3,(H2,27,28,31)/t18-,19+,22-/m1/s1. The molecular weight excluding hydrogens is 471 g/mol. The lowest BCUT2D eigenvalue weighted by atomic mass is 9.77. The van der Waals surface area contributed by atoms with Crippen molar-refractivity contribution >= 4 is 17.5 Å². The summed E-state index contributed by atoms with van der Waals surface area (Å²) in [5.41, 5.74) is -2.10. The van der Waals surface area contributed by atoms with E-state index in [1.807, 2.05) is 0 Å². The second-order valence-corrected chi connectivity index (χ2v) is 8.06. The van der Waals surface area contributed by atoms with Gasteiger partial charge in [0.2, 0.25) is 5.78 Å². The van der Waals surface area contributed by atoms with E-state index in [0.29, 0.717) is 0 Å². The van der Waals surface area contributed by atoms with Gasteiger partial charge in [0, 0.05) is 23.3 Å². The van der Waals surface area contributed by atoms with Crippen LogP contribution < -0.4 is 10.6 Å². The summed E-state index contributed by atoms with van der Waals surface area (Å²) < 4.78 is 46.6. The number of halogens is 3. The van der Waals surface area contributed by atoms with Gasteiger partial charge in [-0.25, -0.2) is 4.79 Å². The van der Waals surface area contributed by atoms with Crippen LogP contribution in [0.25, 0.3) is 11.3 Å². The van der Waals surface area contributed by atoms with Crippen molar-refractivity contribution < 1.29 is 37.2 Å². The van der Waals surface area contributed by atoms with E-state index in [9.17, 15) is 38.0 Å². The van der Waals surface area contributed by atoms with Crippen LogP contribution in [0, 0.1) is 23.0 Å². The Morgan fingerprint density at radius 1 is 1.14 bits per heavy atom. The summed E-state index contributed by atoms with van der Waals surface area (Å²) >= 11 is 0. The molecule has 0 bridgehead atoms. The monoisotopic (exact) mass is 489 g/mol. The molecule has 0 aliphatic carbocycles. The van der Waals surface area contributed by atoms with E-state index in [0.717, 1.165) is 5.56 Å². The molecule has 0 spiro atoms. The molecule has 35 heavy (non-hydrogen) atoms. The highest BCUT2D eigenvalue weighted by Gasteiger charge is 2.60. The van der Waals surface area contributed by atoms with Crippen LogP contribution in [-0.4, -0.2) is 28.0 Å². The van der Waals surface area contributed by atoms with Gasteiger partial charge in [0.25, 0.3) is 5.69 Å². The Labute approximate surface area is 195 Å². The maximum Gasteiger partial charge on any atom is 0.450 e. The number of nitro benzene ring substituents is 1. The lowest BCUT2D eigenvalue weighted by Crippen LogP contribution is -2.66. The molecule has 0 saturated carbocycles. The van der Waals surface area contributed by atoms with Crippen LogP contribution in [0.2, 0.25) is 0 Å². The molecule has 12 heteroatoms. The molecule has 0 radical (unpaired) electrons. The highest BCUT2D eigenvalue weighted by molar-refractivity contribution is 5.91.